The quantitative estimate of drug-likeness (QED) is 0.229. The lowest BCUT2D eigenvalue weighted by molar-refractivity contribution is -0.633. The van der Waals surface area contributed by atoms with Crippen LogP contribution in [0, 0.1) is 20.4 Å². The molecule has 5 aromatic rings. The summed E-state index contributed by atoms with van der Waals surface area (Å²) in [5, 5.41) is 3.38. The Hall–Kier alpha value is -3.64. The normalized spacial score (nSPS) is 12.0. The van der Waals surface area contributed by atoms with Crippen molar-refractivity contribution in [1.82, 2.24) is 0 Å². The molecule has 3 aromatic carbocycles. The summed E-state index contributed by atoms with van der Waals surface area (Å²) in [6, 6.07) is 21.0. The third-order valence-corrected chi connectivity index (χ3v) is 6.58. The first kappa shape index (κ1) is 19.3. The van der Waals surface area contributed by atoms with Gasteiger partial charge in [0, 0.05) is 36.8 Å². The van der Waals surface area contributed by atoms with E-state index in [1.807, 2.05) is 32.0 Å². The second-order valence-electron chi connectivity index (χ2n) is 8.86. The zero-order valence-corrected chi connectivity index (χ0v) is 18.6. The third-order valence-electron chi connectivity index (χ3n) is 6.58. The van der Waals surface area contributed by atoms with Crippen molar-refractivity contribution >= 4 is 32.8 Å². The Bertz CT molecular complexity index is 1550. The Kier molecular flexibility index (Phi) is 4.17. The number of aromatic nitrogens is 1. The van der Waals surface area contributed by atoms with Crippen LogP contribution in [0.5, 0.6) is 0 Å². The molecule has 0 spiro atoms. The topological polar surface area (TPSA) is 21.4 Å². The van der Waals surface area contributed by atoms with Crippen LogP contribution in [-0.2, 0) is 12.6 Å². The number of hydrogen-bond donors (Lipinski definition) is 0. The number of pyridine rings is 1. The average Bonchev–Trinajstić information content (AvgIpc) is 3.13. The van der Waals surface area contributed by atoms with Crippen molar-refractivity contribution < 1.29 is 8.98 Å². The molecule has 3 nitrogen and oxygen atoms in total. The van der Waals surface area contributed by atoms with Gasteiger partial charge in [0.25, 0.3) is 5.54 Å². The van der Waals surface area contributed by atoms with Gasteiger partial charge in [0.1, 0.15) is 18.2 Å². The summed E-state index contributed by atoms with van der Waals surface area (Å²) in [6.07, 6.45) is 0. The molecule has 5 rings (SSSR count). The fourth-order valence-corrected chi connectivity index (χ4v) is 4.64. The van der Waals surface area contributed by atoms with Crippen LogP contribution in [0.1, 0.15) is 30.5 Å². The van der Waals surface area contributed by atoms with Crippen LogP contribution in [0.25, 0.3) is 48.9 Å². The van der Waals surface area contributed by atoms with Gasteiger partial charge in [-0.3, -0.25) is 0 Å². The molecule has 3 heteroatoms. The van der Waals surface area contributed by atoms with Gasteiger partial charge >= 0.3 is 0 Å². The van der Waals surface area contributed by atoms with E-state index in [4.69, 9.17) is 11.0 Å². The summed E-state index contributed by atoms with van der Waals surface area (Å²) in [5.74, 6) is 0. The number of furan rings is 1. The summed E-state index contributed by atoms with van der Waals surface area (Å²) in [5.41, 5.74) is 7.91. The molecule has 0 aliphatic rings. The minimum Gasteiger partial charge on any atom is -0.455 e. The van der Waals surface area contributed by atoms with Crippen molar-refractivity contribution in [3.8, 4) is 11.3 Å². The molecule has 152 valence electrons. The summed E-state index contributed by atoms with van der Waals surface area (Å²) < 4.78 is 8.65. The van der Waals surface area contributed by atoms with E-state index in [0.717, 1.165) is 49.7 Å². The van der Waals surface area contributed by atoms with Crippen molar-refractivity contribution in [3.05, 3.63) is 88.8 Å². The van der Waals surface area contributed by atoms with E-state index >= 15 is 0 Å². The van der Waals surface area contributed by atoms with Crippen LogP contribution in [-0.4, -0.2) is 0 Å². The fraction of sp³-hybridized carbons (Fsp3) is 0.214. The van der Waals surface area contributed by atoms with E-state index in [1.165, 1.54) is 11.1 Å². The molecule has 0 radical (unpaired) electrons. The SMILES string of the molecule is [C-]#[N+]C(C)(C)c1cc(-c2c(C)c(C)cc3c2oc2ccccc23)[n+](C)c2ccccc12. The summed E-state index contributed by atoms with van der Waals surface area (Å²) in [7, 11) is 2.10. The number of fused-ring (bicyclic) bond motifs is 4. The van der Waals surface area contributed by atoms with E-state index in [0.29, 0.717) is 0 Å². The van der Waals surface area contributed by atoms with Crippen LogP contribution < -0.4 is 4.57 Å². The van der Waals surface area contributed by atoms with Crippen LogP contribution in [0.2, 0.25) is 0 Å². The predicted molar refractivity (Wildman–Crippen MR) is 127 cm³/mol. The van der Waals surface area contributed by atoms with Crippen LogP contribution in [0.15, 0.2) is 65.1 Å². The van der Waals surface area contributed by atoms with Gasteiger partial charge in [0.2, 0.25) is 11.2 Å². The molecular formula is C28H25N2O+. The first-order valence-electron chi connectivity index (χ1n) is 10.6. The number of hydrogen-bond acceptors (Lipinski definition) is 1. The second-order valence-corrected chi connectivity index (χ2v) is 8.86. The maximum atomic E-state index is 7.83. The van der Waals surface area contributed by atoms with E-state index in [9.17, 15) is 0 Å². The third kappa shape index (κ3) is 2.75. The molecule has 0 aliphatic carbocycles. The summed E-state index contributed by atoms with van der Waals surface area (Å²) in [6.45, 7) is 16.1. The number of benzene rings is 3. The van der Waals surface area contributed by atoms with Crippen molar-refractivity contribution in [2.24, 2.45) is 7.05 Å². The zero-order valence-electron chi connectivity index (χ0n) is 18.6. The first-order valence-corrected chi connectivity index (χ1v) is 10.6. The van der Waals surface area contributed by atoms with Gasteiger partial charge in [0.15, 0.2) is 0 Å². The Morgan fingerprint density at radius 2 is 1.58 bits per heavy atom. The molecule has 0 saturated heterocycles. The monoisotopic (exact) mass is 405 g/mol. The molecule has 0 atom stereocenters. The highest BCUT2D eigenvalue weighted by Gasteiger charge is 2.34. The van der Waals surface area contributed by atoms with Gasteiger partial charge in [0.05, 0.1) is 16.5 Å². The molecule has 0 fully saturated rings. The highest BCUT2D eigenvalue weighted by atomic mass is 16.3. The Morgan fingerprint density at radius 3 is 2.32 bits per heavy atom. The largest absolute Gasteiger partial charge is 0.455 e. The molecule has 0 bridgehead atoms. The summed E-state index contributed by atoms with van der Waals surface area (Å²) in [4.78, 5) is 3.96. The van der Waals surface area contributed by atoms with E-state index in [-0.39, 0.29) is 0 Å². The van der Waals surface area contributed by atoms with Crippen LogP contribution in [0.4, 0.5) is 0 Å². The maximum Gasteiger partial charge on any atom is 0.253 e. The molecule has 0 saturated carbocycles. The fourth-order valence-electron chi connectivity index (χ4n) is 4.64. The number of rotatable bonds is 2. The standard InChI is InChI=1S/C28H25N2O/c1-17-15-21-19-11-8-10-14-25(19)31-27(21)26(18(17)2)24-16-22(28(3,4)29-5)20-12-7-9-13-23(20)30(24)6/h7-16H,1-4,6H3/q+1. The van der Waals surface area contributed by atoms with Gasteiger partial charge in [-0.15, -0.1) is 0 Å². The second kappa shape index (κ2) is 6.68. The number of aryl methyl sites for hydroxylation is 2. The zero-order chi connectivity index (χ0) is 21.9. The molecular weight excluding hydrogens is 380 g/mol. The Labute approximate surface area is 182 Å². The van der Waals surface area contributed by atoms with E-state index < -0.39 is 5.54 Å². The molecule has 0 aliphatic heterocycles. The lowest BCUT2D eigenvalue weighted by Gasteiger charge is -2.16. The highest BCUT2D eigenvalue weighted by molar-refractivity contribution is 6.10. The van der Waals surface area contributed by atoms with Gasteiger partial charge in [-0.2, -0.15) is 4.57 Å². The van der Waals surface area contributed by atoms with Crippen molar-refractivity contribution in [2.75, 3.05) is 0 Å². The van der Waals surface area contributed by atoms with Crippen molar-refractivity contribution in [1.29, 1.82) is 0 Å². The molecule has 0 amide bonds. The Morgan fingerprint density at radius 1 is 0.903 bits per heavy atom. The summed E-state index contributed by atoms with van der Waals surface area (Å²) >= 11 is 0. The lowest BCUT2D eigenvalue weighted by Crippen LogP contribution is -2.34. The smallest absolute Gasteiger partial charge is 0.253 e. The van der Waals surface area contributed by atoms with Crippen molar-refractivity contribution in [3.63, 3.8) is 0 Å². The van der Waals surface area contributed by atoms with Gasteiger partial charge in [-0.05, 0) is 43.2 Å². The van der Waals surface area contributed by atoms with Crippen LogP contribution >= 0.6 is 0 Å². The van der Waals surface area contributed by atoms with E-state index in [1.54, 1.807) is 0 Å². The highest BCUT2D eigenvalue weighted by Crippen LogP contribution is 2.40. The van der Waals surface area contributed by atoms with E-state index in [2.05, 4.69) is 72.8 Å². The maximum absolute atomic E-state index is 7.83. The lowest BCUT2D eigenvalue weighted by atomic mass is 9.88. The van der Waals surface area contributed by atoms with Crippen molar-refractivity contribution in [2.45, 2.75) is 33.2 Å². The predicted octanol–water partition coefficient (Wildman–Crippen LogP) is 7.00. The molecule has 2 aromatic heterocycles. The molecule has 2 heterocycles. The first-order chi connectivity index (χ1) is 14.8. The minimum atomic E-state index is -0.632. The van der Waals surface area contributed by atoms with Gasteiger partial charge in [-0.1, -0.05) is 30.3 Å². The van der Waals surface area contributed by atoms with Gasteiger partial charge < -0.3 is 9.26 Å². The van der Waals surface area contributed by atoms with Gasteiger partial charge in [-0.25, -0.2) is 6.57 Å². The molecule has 31 heavy (non-hydrogen) atoms. The minimum absolute atomic E-state index is 0.632. The number of nitrogens with zero attached hydrogens (tertiary/aromatic N) is 2. The molecule has 0 N–H and O–H groups in total. The molecule has 0 unspecified atom stereocenters. The Balaban J connectivity index is 1.98. The van der Waals surface area contributed by atoms with Crippen LogP contribution in [0.3, 0.4) is 0 Å². The number of para-hydroxylation sites is 2. The average molecular weight is 406 g/mol.